The summed E-state index contributed by atoms with van der Waals surface area (Å²) in [5.41, 5.74) is 2.40. The molecule has 0 saturated carbocycles. The smallest absolute Gasteiger partial charge is 0.412 e. The third kappa shape index (κ3) is 5.98. The molecule has 1 aromatic rings. The van der Waals surface area contributed by atoms with Crippen molar-refractivity contribution < 1.29 is 28.6 Å². The minimum Gasteiger partial charge on any atom is -0.465 e. The molecule has 1 aliphatic rings. The van der Waals surface area contributed by atoms with E-state index < -0.39 is 17.7 Å². The summed E-state index contributed by atoms with van der Waals surface area (Å²) >= 11 is 0. The maximum absolute atomic E-state index is 12.1. The summed E-state index contributed by atoms with van der Waals surface area (Å²) in [6.07, 6.45) is 0.613. The van der Waals surface area contributed by atoms with Crippen LogP contribution in [0.4, 0.5) is 10.5 Å². The zero-order valence-corrected chi connectivity index (χ0v) is 16.5. The normalized spacial score (nSPS) is 16.6. The third-order valence-electron chi connectivity index (χ3n) is 4.26. The number of nitrogens with one attached hydrogen (secondary N) is 1. The van der Waals surface area contributed by atoms with Crippen LogP contribution in [0.25, 0.3) is 0 Å². The first-order chi connectivity index (χ1) is 12.6. The van der Waals surface area contributed by atoms with E-state index in [1.54, 1.807) is 26.8 Å². The monoisotopic (exact) mass is 377 g/mol. The first kappa shape index (κ1) is 20.7. The molecule has 1 saturated heterocycles. The van der Waals surface area contributed by atoms with Crippen molar-refractivity contribution in [2.75, 3.05) is 11.9 Å². The Morgan fingerprint density at radius 1 is 1.30 bits per heavy atom. The van der Waals surface area contributed by atoms with Crippen molar-refractivity contribution >= 4 is 23.7 Å². The quantitative estimate of drug-likeness (QED) is 0.624. The summed E-state index contributed by atoms with van der Waals surface area (Å²) < 4.78 is 15.5. The molecule has 1 N–H and O–H groups in total. The van der Waals surface area contributed by atoms with Gasteiger partial charge < -0.3 is 14.2 Å². The van der Waals surface area contributed by atoms with E-state index in [1.807, 2.05) is 13.0 Å². The zero-order chi connectivity index (χ0) is 20.2. The second-order valence-corrected chi connectivity index (χ2v) is 7.64. The standard InChI is InChI=1S/C20H27NO6/c1-12-16(11-26-13(2)22)14(10-15-8-9-25-18(15)23)6-7-17(12)21-19(24)27-20(3,4)5/h6-7,15H,8-11H2,1-5H3,(H,21,24)/t15-/m1/s1. The van der Waals surface area contributed by atoms with Crippen molar-refractivity contribution in [3.8, 4) is 0 Å². The third-order valence-corrected chi connectivity index (χ3v) is 4.26. The number of hydrogen-bond donors (Lipinski definition) is 1. The van der Waals surface area contributed by atoms with Crippen LogP contribution in [0.2, 0.25) is 0 Å². The van der Waals surface area contributed by atoms with Gasteiger partial charge in [0.15, 0.2) is 0 Å². The molecule has 7 nitrogen and oxygen atoms in total. The summed E-state index contributed by atoms with van der Waals surface area (Å²) in [5.74, 6) is -0.807. The Morgan fingerprint density at radius 3 is 2.56 bits per heavy atom. The van der Waals surface area contributed by atoms with Crippen LogP contribution in [0.3, 0.4) is 0 Å². The second-order valence-electron chi connectivity index (χ2n) is 7.64. The Labute approximate surface area is 159 Å². The molecule has 1 heterocycles. The van der Waals surface area contributed by atoms with Gasteiger partial charge in [0.2, 0.25) is 0 Å². The van der Waals surface area contributed by atoms with Crippen LogP contribution in [0.15, 0.2) is 12.1 Å². The van der Waals surface area contributed by atoms with E-state index in [1.165, 1.54) is 6.92 Å². The lowest BCUT2D eigenvalue weighted by molar-refractivity contribution is -0.143. The van der Waals surface area contributed by atoms with Gasteiger partial charge in [0.25, 0.3) is 0 Å². The Bertz CT molecular complexity index is 735. The average Bonchev–Trinajstić information content (AvgIpc) is 2.92. The van der Waals surface area contributed by atoms with Crippen LogP contribution in [0.5, 0.6) is 0 Å². The highest BCUT2D eigenvalue weighted by Gasteiger charge is 2.28. The van der Waals surface area contributed by atoms with Crippen LogP contribution in [-0.4, -0.2) is 30.2 Å². The van der Waals surface area contributed by atoms with Gasteiger partial charge in [-0.15, -0.1) is 0 Å². The number of benzene rings is 1. The average molecular weight is 377 g/mol. The second kappa shape index (κ2) is 8.41. The van der Waals surface area contributed by atoms with Gasteiger partial charge >= 0.3 is 18.0 Å². The zero-order valence-electron chi connectivity index (χ0n) is 16.5. The molecule has 0 unspecified atom stereocenters. The largest absolute Gasteiger partial charge is 0.465 e. The van der Waals surface area contributed by atoms with Crippen LogP contribution >= 0.6 is 0 Å². The minimum absolute atomic E-state index is 0.0715. The van der Waals surface area contributed by atoms with Crippen molar-refractivity contribution in [3.63, 3.8) is 0 Å². The first-order valence-corrected chi connectivity index (χ1v) is 8.98. The number of rotatable bonds is 5. The van der Waals surface area contributed by atoms with Crippen molar-refractivity contribution in [1.82, 2.24) is 0 Å². The van der Waals surface area contributed by atoms with Gasteiger partial charge in [0.05, 0.1) is 12.5 Å². The van der Waals surface area contributed by atoms with Gasteiger partial charge in [0.1, 0.15) is 12.2 Å². The molecule has 148 valence electrons. The van der Waals surface area contributed by atoms with Crippen LogP contribution in [-0.2, 0) is 36.8 Å². The molecule has 1 atom stereocenters. The lowest BCUT2D eigenvalue weighted by atomic mass is 9.92. The summed E-state index contributed by atoms with van der Waals surface area (Å²) in [6, 6.07) is 3.61. The van der Waals surface area contributed by atoms with Crippen molar-refractivity contribution in [1.29, 1.82) is 0 Å². The molecule has 1 amide bonds. The molecule has 1 aliphatic heterocycles. The van der Waals surface area contributed by atoms with Gasteiger partial charge in [-0.25, -0.2) is 4.79 Å². The van der Waals surface area contributed by atoms with E-state index in [-0.39, 0.29) is 18.5 Å². The molecule has 0 aliphatic carbocycles. The van der Waals surface area contributed by atoms with Crippen molar-refractivity contribution in [2.24, 2.45) is 5.92 Å². The molecular weight excluding hydrogens is 350 g/mol. The van der Waals surface area contributed by atoms with Gasteiger partial charge in [-0.3, -0.25) is 14.9 Å². The van der Waals surface area contributed by atoms with Gasteiger partial charge in [-0.05, 0) is 63.3 Å². The molecule has 0 radical (unpaired) electrons. The predicted octanol–water partition coefficient (Wildman–Crippen LogP) is 3.51. The molecule has 2 rings (SSSR count). The number of esters is 2. The summed E-state index contributed by atoms with van der Waals surface area (Å²) in [5, 5.41) is 2.73. The minimum atomic E-state index is -0.610. The molecule has 27 heavy (non-hydrogen) atoms. The number of ether oxygens (including phenoxy) is 3. The van der Waals surface area contributed by atoms with E-state index in [0.717, 1.165) is 16.7 Å². The number of amides is 1. The molecule has 1 aromatic carbocycles. The molecule has 0 bridgehead atoms. The van der Waals surface area contributed by atoms with Gasteiger partial charge in [-0.2, -0.15) is 0 Å². The predicted molar refractivity (Wildman–Crippen MR) is 99.3 cm³/mol. The number of carbonyl (C=O) groups is 3. The van der Waals surface area contributed by atoms with Gasteiger partial charge in [0, 0.05) is 12.6 Å². The fraction of sp³-hybridized carbons (Fsp3) is 0.550. The fourth-order valence-corrected chi connectivity index (χ4v) is 2.92. The number of carbonyl (C=O) groups excluding carboxylic acids is 3. The lowest BCUT2D eigenvalue weighted by Gasteiger charge is -2.21. The fourth-order valence-electron chi connectivity index (χ4n) is 2.92. The highest BCUT2D eigenvalue weighted by Crippen LogP contribution is 2.28. The van der Waals surface area contributed by atoms with Crippen molar-refractivity contribution in [3.05, 3.63) is 28.8 Å². The van der Waals surface area contributed by atoms with E-state index in [2.05, 4.69) is 5.32 Å². The van der Waals surface area contributed by atoms with Gasteiger partial charge in [-0.1, -0.05) is 6.07 Å². The molecule has 7 heteroatoms. The summed E-state index contributed by atoms with van der Waals surface area (Å²) in [7, 11) is 0. The highest BCUT2D eigenvalue weighted by atomic mass is 16.6. The molecule has 0 spiro atoms. The van der Waals surface area contributed by atoms with E-state index in [0.29, 0.717) is 25.1 Å². The topological polar surface area (TPSA) is 90.9 Å². The SMILES string of the molecule is CC(=O)OCc1c(C[C@H]2CCOC2=O)ccc(NC(=O)OC(C)(C)C)c1C. The molecule has 1 fully saturated rings. The Kier molecular flexibility index (Phi) is 6.46. The molecule has 0 aromatic heterocycles. The van der Waals surface area contributed by atoms with Crippen LogP contribution in [0, 0.1) is 12.8 Å². The number of hydrogen-bond acceptors (Lipinski definition) is 6. The number of cyclic esters (lactones) is 1. The van der Waals surface area contributed by atoms with Crippen LogP contribution in [0.1, 0.15) is 50.8 Å². The van der Waals surface area contributed by atoms with E-state index >= 15 is 0 Å². The molecular formula is C20H27NO6. The summed E-state index contributed by atoms with van der Waals surface area (Å²) in [6.45, 7) is 9.04. The van der Waals surface area contributed by atoms with E-state index in [4.69, 9.17) is 14.2 Å². The lowest BCUT2D eigenvalue weighted by Crippen LogP contribution is -2.27. The number of anilines is 1. The highest BCUT2D eigenvalue weighted by molar-refractivity contribution is 5.86. The first-order valence-electron chi connectivity index (χ1n) is 8.98. The maximum Gasteiger partial charge on any atom is 0.412 e. The maximum atomic E-state index is 12.1. The van der Waals surface area contributed by atoms with Crippen molar-refractivity contribution in [2.45, 2.75) is 59.7 Å². The Morgan fingerprint density at radius 2 is 2.00 bits per heavy atom. The Hall–Kier alpha value is -2.57. The van der Waals surface area contributed by atoms with E-state index in [9.17, 15) is 14.4 Å². The van der Waals surface area contributed by atoms with Crippen LogP contribution < -0.4 is 5.32 Å². The summed E-state index contributed by atoms with van der Waals surface area (Å²) in [4.78, 5) is 35.2. The Balaban J connectivity index is 2.26.